The minimum Gasteiger partial charge on any atom is -0.341 e. The van der Waals surface area contributed by atoms with Gasteiger partial charge in [0.15, 0.2) is 0 Å². The van der Waals surface area contributed by atoms with Crippen molar-refractivity contribution in [3.63, 3.8) is 0 Å². The molecular weight excluding hydrogens is 311 g/mol. The molecule has 104 valence electrons. The van der Waals surface area contributed by atoms with E-state index >= 15 is 0 Å². The molecule has 19 heavy (non-hydrogen) atoms. The zero-order valence-corrected chi connectivity index (χ0v) is 12.8. The van der Waals surface area contributed by atoms with E-state index in [1.54, 1.807) is 11.9 Å². The average molecular weight is 329 g/mol. The van der Waals surface area contributed by atoms with Crippen molar-refractivity contribution in [3.05, 3.63) is 34.1 Å². The Kier molecular flexibility index (Phi) is 4.58. The first-order valence-corrected chi connectivity index (χ1v) is 7.15. The minimum absolute atomic E-state index is 0.0600. The topological polar surface area (TPSA) is 23.6 Å². The predicted octanol–water partition coefficient (Wildman–Crippen LogP) is 2.61. The summed E-state index contributed by atoms with van der Waals surface area (Å²) >= 11 is 3.11. The van der Waals surface area contributed by atoms with Crippen molar-refractivity contribution in [2.75, 3.05) is 33.7 Å². The van der Waals surface area contributed by atoms with Crippen LogP contribution in [-0.2, 0) is 0 Å². The normalized spacial score (nSPS) is 19.7. The Hall–Kier alpha value is -0.940. The fourth-order valence-electron chi connectivity index (χ4n) is 2.50. The highest BCUT2D eigenvalue weighted by Crippen LogP contribution is 2.19. The Bertz CT molecular complexity index is 481. The highest BCUT2D eigenvalue weighted by Gasteiger charge is 2.23. The van der Waals surface area contributed by atoms with Gasteiger partial charge in [-0.15, -0.1) is 0 Å². The van der Waals surface area contributed by atoms with Crippen LogP contribution in [0.1, 0.15) is 16.8 Å². The summed E-state index contributed by atoms with van der Waals surface area (Å²) in [5.41, 5.74) is 0.516. The predicted molar refractivity (Wildman–Crippen MR) is 76.7 cm³/mol. The molecule has 0 radical (unpaired) electrons. The van der Waals surface area contributed by atoms with Gasteiger partial charge in [-0.2, -0.15) is 0 Å². The molecule has 1 unspecified atom stereocenters. The van der Waals surface area contributed by atoms with Crippen molar-refractivity contribution in [2.24, 2.45) is 5.92 Å². The first-order valence-electron chi connectivity index (χ1n) is 6.36. The number of benzene rings is 1. The molecule has 2 rings (SSSR count). The highest BCUT2D eigenvalue weighted by molar-refractivity contribution is 9.10. The molecule has 1 amide bonds. The lowest BCUT2D eigenvalue weighted by atomic mass is 10.1. The molecule has 1 aliphatic rings. The molecule has 0 spiro atoms. The standard InChI is InChI=1S/C14H18BrFN2O/c1-17-6-5-10(8-17)9-18(2)14(19)11-3-4-13(16)12(15)7-11/h3-4,7,10H,5-6,8-9H2,1-2H3. The highest BCUT2D eigenvalue weighted by atomic mass is 79.9. The van der Waals surface area contributed by atoms with Crippen molar-refractivity contribution >= 4 is 21.8 Å². The Balaban J connectivity index is 2.00. The van der Waals surface area contributed by atoms with Crippen LogP contribution in [0, 0.1) is 11.7 Å². The molecule has 0 aromatic heterocycles. The van der Waals surface area contributed by atoms with E-state index in [4.69, 9.17) is 0 Å². The fourth-order valence-corrected chi connectivity index (χ4v) is 2.87. The number of carbonyl (C=O) groups excluding carboxylic acids is 1. The van der Waals surface area contributed by atoms with Gasteiger partial charge < -0.3 is 9.80 Å². The van der Waals surface area contributed by atoms with E-state index < -0.39 is 0 Å². The SMILES string of the molecule is CN1CCC(CN(C)C(=O)c2ccc(F)c(Br)c2)C1. The van der Waals surface area contributed by atoms with Crippen LogP contribution in [0.15, 0.2) is 22.7 Å². The summed E-state index contributed by atoms with van der Waals surface area (Å²) in [4.78, 5) is 16.2. The molecule has 3 nitrogen and oxygen atoms in total. The minimum atomic E-state index is -0.350. The van der Waals surface area contributed by atoms with E-state index in [0.717, 1.165) is 26.1 Å². The monoisotopic (exact) mass is 328 g/mol. The Morgan fingerprint density at radius 2 is 2.32 bits per heavy atom. The molecule has 1 fully saturated rings. The quantitative estimate of drug-likeness (QED) is 0.851. The van der Waals surface area contributed by atoms with E-state index in [9.17, 15) is 9.18 Å². The Morgan fingerprint density at radius 1 is 1.58 bits per heavy atom. The maximum absolute atomic E-state index is 13.2. The van der Waals surface area contributed by atoms with Crippen LogP contribution >= 0.6 is 15.9 Å². The Labute approximate surface area is 121 Å². The van der Waals surface area contributed by atoms with Crippen molar-refractivity contribution in [3.8, 4) is 0 Å². The second-order valence-corrected chi connectivity index (χ2v) is 6.09. The van der Waals surface area contributed by atoms with Gasteiger partial charge in [-0.1, -0.05) is 0 Å². The van der Waals surface area contributed by atoms with Crippen LogP contribution in [0.5, 0.6) is 0 Å². The second kappa shape index (κ2) is 6.01. The summed E-state index contributed by atoms with van der Waals surface area (Å²) in [7, 11) is 3.90. The molecule has 1 saturated heterocycles. The molecule has 0 saturated carbocycles. The summed E-state index contributed by atoms with van der Waals surface area (Å²) in [5, 5.41) is 0. The number of halogens is 2. The van der Waals surface area contributed by atoms with E-state index in [1.165, 1.54) is 18.2 Å². The summed E-state index contributed by atoms with van der Waals surface area (Å²) in [6.07, 6.45) is 1.13. The molecule has 0 bridgehead atoms. The molecule has 1 heterocycles. The first-order chi connectivity index (χ1) is 8.97. The molecule has 0 N–H and O–H groups in total. The van der Waals surface area contributed by atoms with E-state index in [2.05, 4.69) is 27.9 Å². The molecule has 0 aliphatic carbocycles. The van der Waals surface area contributed by atoms with Crippen molar-refractivity contribution in [2.45, 2.75) is 6.42 Å². The smallest absolute Gasteiger partial charge is 0.253 e. The van der Waals surface area contributed by atoms with Crippen molar-refractivity contribution in [1.29, 1.82) is 0 Å². The van der Waals surface area contributed by atoms with Gasteiger partial charge in [0.1, 0.15) is 5.82 Å². The van der Waals surface area contributed by atoms with Crippen molar-refractivity contribution < 1.29 is 9.18 Å². The van der Waals surface area contributed by atoms with Crippen LogP contribution < -0.4 is 0 Å². The molecule has 1 aromatic carbocycles. The van der Waals surface area contributed by atoms with E-state index in [1.807, 2.05) is 0 Å². The zero-order chi connectivity index (χ0) is 14.0. The summed E-state index contributed by atoms with van der Waals surface area (Å²) in [6, 6.07) is 4.38. The molecular formula is C14H18BrFN2O. The van der Waals surface area contributed by atoms with Crippen LogP contribution in [0.3, 0.4) is 0 Å². The van der Waals surface area contributed by atoms with Crippen LogP contribution in [0.4, 0.5) is 4.39 Å². The lowest BCUT2D eigenvalue weighted by Crippen LogP contribution is -2.32. The fraction of sp³-hybridized carbons (Fsp3) is 0.500. The third kappa shape index (κ3) is 3.54. The van der Waals surface area contributed by atoms with Crippen molar-refractivity contribution in [1.82, 2.24) is 9.80 Å². The first kappa shape index (κ1) is 14.5. The van der Waals surface area contributed by atoms with Crippen LogP contribution in [0.2, 0.25) is 0 Å². The van der Waals surface area contributed by atoms with Gasteiger partial charge in [0.05, 0.1) is 4.47 Å². The molecule has 1 aromatic rings. The Morgan fingerprint density at radius 3 is 2.89 bits per heavy atom. The maximum atomic E-state index is 13.2. The zero-order valence-electron chi connectivity index (χ0n) is 11.2. The van der Waals surface area contributed by atoms with Gasteiger partial charge in [-0.05, 0) is 60.1 Å². The van der Waals surface area contributed by atoms with Gasteiger partial charge in [-0.25, -0.2) is 4.39 Å². The van der Waals surface area contributed by atoms with Crippen LogP contribution in [-0.4, -0.2) is 49.4 Å². The van der Waals surface area contributed by atoms with Gasteiger partial charge >= 0.3 is 0 Å². The number of hydrogen-bond acceptors (Lipinski definition) is 2. The van der Waals surface area contributed by atoms with E-state index in [-0.39, 0.29) is 11.7 Å². The van der Waals surface area contributed by atoms with Gasteiger partial charge in [0.2, 0.25) is 0 Å². The number of nitrogens with zero attached hydrogens (tertiary/aromatic N) is 2. The summed E-state index contributed by atoms with van der Waals surface area (Å²) in [6.45, 7) is 2.87. The number of likely N-dealkylation sites (tertiary alicyclic amines) is 1. The van der Waals surface area contributed by atoms with Crippen LogP contribution in [0.25, 0.3) is 0 Å². The molecule has 5 heteroatoms. The van der Waals surface area contributed by atoms with Gasteiger partial charge in [0.25, 0.3) is 5.91 Å². The summed E-state index contributed by atoms with van der Waals surface area (Å²) in [5.74, 6) is 0.120. The number of rotatable bonds is 3. The lowest BCUT2D eigenvalue weighted by Gasteiger charge is -2.21. The third-order valence-corrected chi connectivity index (χ3v) is 4.14. The average Bonchev–Trinajstić information content (AvgIpc) is 2.77. The molecule has 1 aliphatic heterocycles. The largest absolute Gasteiger partial charge is 0.341 e. The van der Waals surface area contributed by atoms with Gasteiger partial charge in [-0.3, -0.25) is 4.79 Å². The van der Waals surface area contributed by atoms with Gasteiger partial charge in [0, 0.05) is 25.7 Å². The maximum Gasteiger partial charge on any atom is 0.253 e. The number of amides is 1. The lowest BCUT2D eigenvalue weighted by molar-refractivity contribution is 0.0774. The third-order valence-electron chi connectivity index (χ3n) is 3.53. The summed E-state index contributed by atoms with van der Waals surface area (Å²) < 4.78 is 13.5. The number of hydrogen-bond donors (Lipinski definition) is 0. The second-order valence-electron chi connectivity index (χ2n) is 5.23. The number of carbonyl (C=O) groups is 1. The van der Waals surface area contributed by atoms with E-state index in [0.29, 0.717) is 16.0 Å². The molecule has 1 atom stereocenters.